The molecule has 2 aromatic heterocycles. The van der Waals surface area contributed by atoms with Gasteiger partial charge in [0.2, 0.25) is 5.95 Å². The normalized spacial score (nSPS) is 21.0. The Kier molecular flexibility index (Phi) is 4.96. The fraction of sp³-hybridized carbons (Fsp3) is 0.400. The van der Waals surface area contributed by atoms with E-state index in [4.69, 9.17) is 10.5 Å². The Morgan fingerprint density at radius 2 is 2.19 bits per heavy atom. The maximum atomic E-state index is 5.73. The van der Waals surface area contributed by atoms with Crippen LogP contribution in [0.15, 0.2) is 42.7 Å². The summed E-state index contributed by atoms with van der Waals surface area (Å²) in [7, 11) is 1.77. The highest BCUT2D eigenvalue weighted by Crippen LogP contribution is 2.22. The molecule has 1 aliphatic heterocycles. The van der Waals surface area contributed by atoms with Gasteiger partial charge in [-0.2, -0.15) is 4.98 Å². The van der Waals surface area contributed by atoms with Crippen molar-refractivity contribution in [1.29, 1.82) is 0 Å². The Bertz CT molecular complexity index is 910. The SMILES string of the molecule is CO[C@@H]1CN(c2ccnc(N)n2)C[C@@H]1NC(C)Cc1c[nH]c2ccccc12. The number of anilines is 2. The van der Waals surface area contributed by atoms with E-state index in [1.54, 1.807) is 13.3 Å². The van der Waals surface area contributed by atoms with Crippen molar-refractivity contribution in [2.75, 3.05) is 30.8 Å². The van der Waals surface area contributed by atoms with Crippen LogP contribution in [0.3, 0.4) is 0 Å². The number of fused-ring (bicyclic) bond motifs is 1. The van der Waals surface area contributed by atoms with Crippen LogP contribution in [-0.4, -0.2) is 53.3 Å². The first kappa shape index (κ1) is 17.8. The maximum absolute atomic E-state index is 5.73. The Balaban J connectivity index is 1.43. The van der Waals surface area contributed by atoms with E-state index in [9.17, 15) is 0 Å². The monoisotopic (exact) mass is 366 g/mol. The molecule has 4 N–H and O–H groups in total. The Morgan fingerprint density at radius 3 is 3.00 bits per heavy atom. The maximum Gasteiger partial charge on any atom is 0.221 e. The van der Waals surface area contributed by atoms with Crippen LogP contribution in [-0.2, 0) is 11.2 Å². The van der Waals surface area contributed by atoms with Gasteiger partial charge in [-0.1, -0.05) is 18.2 Å². The van der Waals surface area contributed by atoms with Gasteiger partial charge in [0, 0.05) is 49.5 Å². The Hall–Kier alpha value is -2.64. The fourth-order valence-electron chi connectivity index (χ4n) is 3.95. The highest BCUT2D eigenvalue weighted by atomic mass is 16.5. The van der Waals surface area contributed by atoms with Gasteiger partial charge in [-0.15, -0.1) is 0 Å². The number of hydrogen-bond acceptors (Lipinski definition) is 6. The molecule has 1 aliphatic rings. The number of nitrogens with zero attached hydrogens (tertiary/aromatic N) is 3. The van der Waals surface area contributed by atoms with Crippen LogP contribution in [0.1, 0.15) is 12.5 Å². The quantitative estimate of drug-likeness (QED) is 0.618. The van der Waals surface area contributed by atoms with Gasteiger partial charge in [-0.05, 0) is 31.0 Å². The fourth-order valence-corrected chi connectivity index (χ4v) is 3.95. The molecule has 1 aromatic carbocycles. The predicted octanol–water partition coefficient (Wildman–Crippen LogP) is 1.96. The van der Waals surface area contributed by atoms with Gasteiger partial charge in [-0.25, -0.2) is 4.98 Å². The molecular formula is C20H26N6O. The highest BCUT2D eigenvalue weighted by Gasteiger charge is 2.34. The standard InChI is InChI=1S/C20H26N6O/c1-13(9-14-10-23-16-6-4-3-5-15(14)16)24-17-11-26(12-18(17)27-2)19-7-8-22-20(21)25-19/h3-8,10,13,17-18,23-24H,9,11-12H2,1-2H3,(H2,21,22,25)/t13?,17-,18+/m0/s1. The number of benzene rings is 1. The van der Waals surface area contributed by atoms with E-state index in [1.165, 1.54) is 16.5 Å². The third-order valence-corrected chi connectivity index (χ3v) is 5.25. The first-order valence-corrected chi connectivity index (χ1v) is 9.31. The smallest absolute Gasteiger partial charge is 0.221 e. The van der Waals surface area contributed by atoms with E-state index in [-0.39, 0.29) is 12.1 Å². The molecular weight excluding hydrogens is 340 g/mol. The molecule has 7 heteroatoms. The molecule has 142 valence electrons. The molecule has 7 nitrogen and oxygen atoms in total. The summed E-state index contributed by atoms with van der Waals surface area (Å²) in [6, 6.07) is 10.9. The van der Waals surface area contributed by atoms with Gasteiger partial charge in [-0.3, -0.25) is 0 Å². The highest BCUT2D eigenvalue weighted by molar-refractivity contribution is 5.83. The lowest BCUT2D eigenvalue weighted by molar-refractivity contribution is 0.0938. The minimum absolute atomic E-state index is 0.103. The van der Waals surface area contributed by atoms with Crippen molar-refractivity contribution in [3.05, 3.63) is 48.3 Å². The Morgan fingerprint density at radius 1 is 1.33 bits per heavy atom. The molecule has 0 aliphatic carbocycles. The van der Waals surface area contributed by atoms with E-state index in [0.717, 1.165) is 25.3 Å². The van der Waals surface area contributed by atoms with E-state index in [1.807, 2.05) is 6.07 Å². The zero-order valence-corrected chi connectivity index (χ0v) is 15.7. The molecule has 27 heavy (non-hydrogen) atoms. The summed E-state index contributed by atoms with van der Waals surface area (Å²) >= 11 is 0. The Labute approximate surface area is 158 Å². The second-order valence-electron chi connectivity index (χ2n) is 7.19. The van der Waals surface area contributed by atoms with Gasteiger partial charge in [0.15, 0.2) is 0 Å². The van der Waals surface area contributed by atoms with Gasteiger partial charge < -0.3 is 25.7 Å². The van der Waals surface area contributed by atoms with Crippen LogP contribution >= 0.6 is 0 Å². The number of nitrogens with two attached hydrogens (primary N) is 1. The van der Waals surface area contributed by atoms with Crippen molar-refractivity contribution in [1.82, 2.24) is 20.3 Å². The predicted molar refractivity (Wildman–Crippen MR) is 108 cm³/mol. The zero-order chi connectivity index (χ0) is 18.8. The van der Waals surface area contributed by atoms with E-state index in [0.29, 0.717) is 12.0 Å². The minimum Gasteiger partial charge on any atom is -0.378 e. The molecule has 0 saturated carbocycles. The number of aromatic nitrogens is 3. The molecule has 3 heterocycles. The van der Waals surface area contributed by atoms with Crippen LogP contribution in [0.5, 0.6) is 0 Å². The molecule has 0 bridgehead atoms. The number of methoxy groups -OCH3 is 1. The zero-order valence-electron chi connectivity index (χ0n) is 15.7. The molecule has 1 unspecified atom stereocenters. The van der Waals surface area contributed by atoms with E-state index in [2.05, 4.69) is 62.6 Å². The summed E-state index contributed by atoms with van der Waals surface area (Å²) in [5.41, 5.74) is 8.25. The number of hydrogen-bond donors (Lipinski definition) is 3. The first-order chi connectivity index (χ1) is 13.1. The molecule has 1 fully saturated rings. The molecule has 0 radical (unpaired) electrons. The van der Waals surface area contributed by atoms with E-state index < -0.39 is 0 Å². The summed E-state index contributed by atoms with van der Waals surface area (Å²) in [4.78, 5) is 13.9. The lowest BCUT2D eigenvalue weighted by Crippen LogP contribution is -2.45. The topological polar surface area (TPSA) is 92.1 Å². The van der Waals surface area contributed by atoms with Gasteiger partial charge in [0.1, 0.15) is 5.82 Å². The molecule has 3 atom stereocenters. The molecule has 1 saturated heterocycles. The molecule has 0 spiro atoms. The molecule has 0 amide bonds. The number of rotatable bonds is 6. The van der Waals surface area contributed by atoms with Crippen molar-refractivity contribution in [3.63, 3.8) is 0 Å². The second-order valence-corrected chi connectivity index (χ2v) is 7.19. The largest absolute Gasteiger partial charge is 0.378 e. The minimum atomic E-state index is 0.103. The van der Waals surface area contributed by atoms with Crippen LogP contribution in [0, 0.1) is 0 Å². The van der Waals surface area contributed by atoms with Crippen LogP contribution < -0.4 is 16.0 Å². The number of nitrogens with one attached hydrogen (secondary N) is 2. The van der Waals surface area contributed by atoms with E-state index >= 15 is 0 Å². The number of aromatic amines is 1. The van der Waals surface area contributed by atoms with Crippen molar-refractivity contribution in [2.45, 2.75) is 31.5 Å². The van der Waals surface area contributed by atoms with Gasteiger partial charge in [0.25, 0.3) is 0 Å². The average Bonchev–Trinajstić information content (AvgIpc) is 3.26. The summed E-state index contributed by atoms with van der Waals surface area (Å²) in [5, 5.41) is 5.03. The number of ether oxygens (including phenoxy) is 1. The van der Waals surface area contributed by atoms with Crippen molar-refractivity contribution in [2.24, 2.45) is 0 Å². The second kappa shape index (κ2) is 7.54. The van der Waals surface area contributed by atoms with Crippen molar-refractivity contribution < 1.29 is 4.74 Å². The summed E-state index contributed by atoms with van der Waals surface area (Å²) in [5.74, 6) is 1.14. The third-order valence-electron chi connectivity index (χ3n) is 5.25. The number of nitrogen functional groups attached to an aromatic ring is 1. The van der Waals surface area contributed by atoms with Gasteiger partial charge in [0.05, 0.1) is 12.1 Å². The summed E-state index contributed by atoms with van der Waals surface area (Å²) in [6.07, 6.45) is 4.87. The van der Waals surface area contributed by atoms with Crippen LogP contribution in [0.4, 0.5) is 11.8 Å². The van der Waals surface area contributed by atoms with Gasteiger partial charge >= 0.3 is 0 Å². The van der Waals surface area contributed by atoms with Crippen LogP contribution in [0.25, 0.3) is 10.9 Å². The number of H-pyrrole nitrogens is 1. The molecule has 3 aromatic rings. The summed E-state index contributed by atoms with van der Waals surface area (Å²) < 4.78 is 5.73. The first-order valence-electron chi connectivity index (χ1n) is 9.31. The molecule has 4 rings (SSSR count). The number of para-hydroxylation sites is 1. The van der Waals surface area contributed by atoms with Crippen LogP contribution in [0.2, 0.25) is 0 Å². The third kappa shape index (κ3) is 3.74. The lowest BCUT2D eigenvalue weighted by Gasteiger charge is -2.23. The van der Waals surface area contributed by atoms with Crippen molar-refractivity contribution in [3.8, 4) is 0 Å². The average molecular weight is 366 g/mol. The van der Waals surface area contributed by atoms with Crippen molar-refractivity contribution >= 4 is 22.7 Å². The summed E-state index contributed by atoms with van der Waals surface area (Å²) in [6.45, 7) is 3.83. The lowest BCUT2D eigenvalue weighted by atomic mass is 10.0.